The predicted octanol–water partition coefficient (Wildman–Crippen LogP) is 4.25. The van der Waals surface area contributed by atoms with Gasteiger partial charge in [0.05, 0.1) is 10.2 Å². The molecule has 8 heteroatoms. The summed E-state index contributed by atoms with van der Waals surface area (Å²) >= 11 is 1.63. The summed E-state index contributed by atoms with van der Waals surface area (Å²) in [6, 6.07) is 9.92. The summed E-state index contributed by atoms with van der Waals surface area (Å²) in [5.41, 5.74) is 4.03. The first-order valence-corrected chi connectivity index (χ1v) is 10.8. The Morgan fingerprint density at radius 2 is 2.03 bits per heavy atom. The first-order valence-electron chi connectivity index (χ1n) is 9.95. The Kier molecular flexibility index (Phi) is 5.02. The molecule has 0 spiro atoms. The van der Waals surface area contributed by atoms with E-state index in [9.17, 15) is 0 Å². The van der Waals surface area contributed by atoms with Crippen molar-refractivity contribution in [1.29, 1.82) is 0 Å². The molecule has 0 aromatic carbocycles. The second kappa shape index (κ2) is 7.97. The zero-order valence-corrected chi connectivity index (χ0v) is 17.7. The van der Waals surface area contributed by atoms with Crippen molar-refractivity contribution in [3.63, 3.8) is 0 Å². The number of rotatable bonds is 5. The number of nitrogens with zero attached hydrogens (tertiary/aromatic N) is 4. The fourth-order valence-corrected chi connectivity index (χ4v) is 4.41. The van der Waals surface area contributed by atoms with E-state index in [1.54, 1.807) is 11.3 Å². The Labute approximate surface area is 178 Å². The summed E-state index contributed by atoms with van der Waals surface area (Å²) in [5, 5.41) is 7.57. The van der Waals surface area contributed by atoms with Gasteiger partial charge in [0.25, 0.3) is 0 Å². The zero-order chi connectivity index (χ0) is 20.5. The Morgan fingerprint density at radius 1 is 1.10 bits per heavy atom. The first-order chi connectivity index (χ1) is 14.6. The van der Waals surface area contributed by atoms with Crippen LogP contribution in [0.1, 0.15) is 17.7 Å². The zero-order valence-electron chi connectivity index (χ0n) is 16.8. The average molecular weight is 419 g/mol. The van der Waals surface area contributed by atoms with Crippen LogP contribution in [-0.4, -0.2) is 39.1 Å². The molecular weight excluding hydrogens is 396 g/mol. The maximum Gasteiger partial charge on any atom is 0.215 e. The van der Waals surface area contributed by atoms with Gasteiger partial charge in [-0.2, -0.15) is 4.98 Å². The van der Waals surface area contributed by atoms with E-state index in [2.05, 4.69) is 25.6 Å². The van der Waals surface area contributed by atoms with Crippen LogP contribution in [0, 0.1) is 13.8 Å². The molecule has 30 heavy (non-hydrogen) atoms. The second-order valence-electron chi connectivity index (χ2n) is 7.47. The van der Waals surface area contributed by atoms with Crippen molar-refractivity contribution < 1.29 is 4.74 Å². The molecule has 4 aromatic heterocycles. The van der Waals surface area contributed by atoms with Crippen LogP contribution in [0.15, 0.2) is 42.7 Å². The van der Waals surface area contributed by atoms with Gasteiger partial charge in [0.2, 0.25) is 5.88 Å². The molecule has 7 nitrogen and oxygen atoms in total. The van der Waals surface area contributed by atoms with Crippen LogP contribution in [0.4, 0.5) is 11.6 Å². The van der Waals surface area contributed by atoms with Crippen molar-refractivity contribution in [3.8, 4) is 16.5 Å². The number of hydrogen-bond acceptors (Lipinski definition) is 8. The van der Waals surface area contributed by atoms with Gasteiger partial charge in [0, 0.05) is 42.3 Å². The average Bonchev–Trinajstić information content (AvgIpc) is 3.37. The smallest absolute Gasteiger partial charge is 0.215 e. The molecule has 5 rings (SSSR count). The quantitative estimate of drug-likeness (QED) is 0.501. The third kappa shape index (κ3) is 4.10. The number of thiazole rings is 1. The molecule has 2 N–H and O–H groups in total. The molecule has 4 aromatic rings. The molecule has 152 valence electrons. The summed E-state index contributed by atoms with van der Waals surface area (Å²) < 4.78 is 7.06. The highest BCUT2D eigenvalue weighted by Crippen LogP contribution is 2.31. The molecule has 1 fully saturated rings. The number of nitrogens with one attached hydrogen (secondary N) is 2. The maximum atomic E-state index is 6.02. The summed E-state index contributed by atoms with van der Waals surface area (Å²) in [5.74, 6) is 2.05. The fourth-order valence-electron chi connectivity index (χ4n) is 3.50. The molecular formula is C22H22N6OS. The molecule has 1 saturated heterocycles. The number of aromatic nitrogens is 4. The Bertz CT molecular complexity index is 1200. The first kappa shape index (κ1) is 18.9. The van der Waals surface area contributed by atoms with Gasteiger partial charge in [-0.15, -0.1) is 11.3 Å². The molecule has 0 bridgehead atoms. The highest BCUT2D eigenvalue weighted by Gasteiger charge is 2.17. The lowest BCUT2D eigenvalue weighted by Crippen LogP contribution is -2.20. The topological polar surface area (TPSA) is 84.9 Å². The van der Waals surface area contributed by atoms with Gasteiger partial charge in [-0.25, -0.2) is 9.97 Å². The van der Waals surface area contributed by atoms with E-state index in [1.807, 2.05) is 56.6 Å². The van der Waals surface area contributed by atoms with E-state index in [1.165, 1.54) is 0 Å². The summed E-state index contributed by atoms with van der Waals surface area (Å²) in [6.45, 7) is 5.86. The molecule has 5 heterocycles. The van der Waals surface area contributed by atoms with E-state index in [4.69, 9.17) is 9.72 Å². The number of hydrogen-bond donors (Lipinski definition) is 2. The van der Waals surface area contributed by atoms with Crippen LogP contribution >= 0.6 is 11.3 Å². The predicted molar refractivity (Wildman–Crippen MR) is 120 cm³/mol. The van der Waals surface area contributed by atoms with Gasteiger partial charge in [0.1, 0.15) is 22.7 Å². The van der Waals surface area contributed by atoms with Gasteiger partial charge in [-0.3, -0.25) is 4.98 Å². The minimum atomic E-state index is 0.173. The van der Waals surface area contributed by atoms with Gasteiger partial charge >= 0.3 is 0 Å². The van der Waals surface area contributed by atoms with E-state index in [0.29, 0.717) is 17.5 Å². The third-order valence-electron chi connectivity index (χ3n) is 4.92. The van der Waals surface area contributed by atoms with Gasteiger partial charge < -0.3 is 15.4 Å². The number of fused-ring (bicyclic) bond motifs is 1. The number of ether oxygens (including phenoxy) is 1. The lowest BCUT2D eigenvalue weighted by Gasteiger charge is -2.13. The molecule has 1 aliphatic heterocycles. The van der Waals surface area contributed by atoms with E-state index in [-0.39, 0.29) is 6.10 Å². The van der Waals surface area contributed by atoms with Crippen molar-refractivity contribution in [2.75, 3.05) is 18.4 Å². The van der Waals surface area contributed by atoms with Crippen molar-refractivity contribution in [2.24, 2.45) is 0 Å². The van der Waals surface area contributed by atoms with Crippen LogP contribution in [0.25, 0.3) is 20.8 Å². The Morgan fingerprint density at radius 3 is 2.87 bits per heavy atom. The van der Waals surface area contributed by atoms with Crippen LogP contribution in [0.2, 0.25) is 0 Å². The molecule has 0 radical (unpaired) electrons. The highest BCUT2D eigenvalue weighted by molar-refractivity contribution is 7.21. The minimum Gasteiger partial charge on any atom is -0.473 e. The molecule has 0 amide bonds. The van der Waals surface area contributed by atoms with Crippen molar-refractivity contribution in [1.82, 2.24) is 25.3 Å². The summed E-state index contributed by atoms with van der Waals surface area (Å²) in [6.07, 6.45) is 4.84. The normalized spacial score (nSPS) is 16.1. The molecule has 1 aliphatic rings. The molecule has 0 saturated carbocycles. The third-order valence-corrected chi connectivity index (χ3v) is 5.98. The lowest BCUT2D eigenvalue weighted by atomic mass is 10.2. The second-order valence-corrected chi connectivity index (χ2v) is 8.50. The van der Waals surface area contributed by atoms with E-state index >= 15 is 0 Å². The SMILES string of the molecule is Cc1cc(Nc2cc3nc(-c4ccnc(C)c4)sc3cn2)nc(O[C@H]2CCNC2)c1. The monoisotopic (exact) mass is 418 g/mol. The largest absolute Gasteiger partial charge is 0.473 e. The number of aryl methyl sites for hydroxylation is 2. The summed E-state index contributed by atoms with van der Waals surface area (Å²) in [7, 11) is 0. The van der Waals surface area contributed by atoms with Crippen LogP contribution in [0.5, 0.6) is 5.88 Å². The number of anilines is 2. The van der Waals surface area contributed by atoms with Crippen LogP contribution in [-0.2, 0) is 0 Å². The van der Waals surface area contributed by atoms with Gasteiger partial charge in [-0.05, 0) is 50.6 Å². The molecule has 0 unspecified atom stereocenters. The van der Waals surface area contributed by atoms with Crippen molar-refractivity contribution in [2.45, 2.75) is 26.4 Å². The molecule has 1 atom stereocenters. The Hall–Kier alpha value is -3.10. The van der Waals surface area contributed by atoms with Crippen LogP contribution < -0.4 is 15.4 Å². The standard InChI is InChI=1S/C22H22N6OS/c1-13-7-20(28-21(8-13)29-16-4-5-23-11-16)27-19-10-17-18(12-25-19)30-22(26-17)15-3-6-24-14(2)9-15/h3,6-10,12,16,23H,4-5,11H2,1-2H3,(H,25,27,28)/t16-/m0/s1. The van der Waals surface area contributed by atoms with Crippen LogP contribution in [0.3, 0.4) is 0 Å². The fraction of sp³-hybridized carbons (Fsp3) is 0.273. The highest BCUT2D eigenvalue weighted by atomic mass is 32.1. The van der Waals surface area contributed by atoms with E-state index in [0.717, 1.165) is 51.6 Å². The maximum absolute atomic E-state index is 6.02. The van der Waals surface area contributed by atoms with Gasteiger partial charge in [-0.1, -0.05) is 0 Å². The Balaban J connectivity index is 1.39. The minimum absolute atomic E-state index is 0.173. The van der Waals surface area contributed by atoms with Gasteiger partial charge in [0.15, 0.2) is 0 Å². The van der Waals surface area contributed by atoms with E-state index < -0.39 is 0 Å². The van der Waals surface area contributed by atoms with Crippen molar-refractivity contribution in [3.05, 3.63) is 54.0 Å². The summed E-state index contributed by atoms with van der Waals surface area (Å²) in [4.78, 5) is 18.2. The lowest BCUT2D eigenvalue weighted by molar-refractivity contribution is 0.214. The van der Waals surface area contributed by atoms with Crippen molar-refractivity contribution >= 4 is 33.2 Å². The number of pyridine rings is 3. The molecule has 0 aliphatic carbocycles.